The normalized spacial score (nSPS) is 27.4. The average Bonchev–Trinajstić information content (AvgIpc) is 2.39. The van der Waals surface area contributed by atoms with Crippen molar-refractivity contribution in [3.63, 3.8) is 0 Å². The molecule has 4 heteroatoms. The van der Waals surface area contributed by atoms with Crippen molar-refractivity contribution >= 4 is 0 Å². The zero-order valence-electron chi connectivity index (χ0n) is 11.6. The lowest BCUT2D eigenvalue weighted by Crippen LogP contribution is -2.35. The van der Waals surface area contributed by atoms with Gasteiger partial charge in [0.15, 0.2) is 11.5 Å². The van der Waals surface area contributed by atoms with E-state index in [1.807, 2.05) is 0 Å². The van der Waals surface area contributed by atoms with Gasteiger partial charge in [-0.05, 0) is 37.2 Å². The van der Waals surface area contributed by atoms with Gasteiger partial charge in [-0.1, -0.05) is 19.9 Å². The number of rotatable bonds is 3. The molecule has 1 saturated carbocycles. The highest BCUT2D eigenvalue weighted by Gasteiger charge is 2.24. The van der Waals surface area contributed by atoms with Gasteiger partial charge in [0.25, 0.3) is 0 Å². The molecule has 0 radical (unpaired) electrons. The first-order valence-electron chi connectivity index (χ1n) is 6.95. The summed E-state index contributed by atoms with van der Waals surface area (Å²) >= 11 is 0. The predicted molar refractivity (Wildman–Crippen MR) is 74.2 cm³/mol. The predicted octanol–water partition coefficient (Wildman–Crippen LogP) is 2.72. The van der Waals surface area contributed by atoms with Gasteiger partial charge in [-0.15, -0.1) is 0 Å². The van der Waals surface area contributed by atoms with E-state index in [-0.39, 0.29) is 11.5 Å². The van der Waals surface area contributed by atoms with Crippen LogP contribution >= 0.6 is 0 Å². The smallest absolute Gasteiger partial charge is 0.200 e. The molecule has 1 aliphatic rings. The Balaban J connectivity index is 1.94. The van der Waals surface area contributed by atoms with Gasteiger partial charge in [0.2, 0.25) is 5.75 Å². The van der Waals surface area contributed by atoms with E-state index in [0.29, 0.717) is 24.1 Å². The average molecular weight is 265 g/mol. The zero-order valence-corrected chi connectivity index (χ0v) is 11.6. The lowest BCUT2D eigenvalue weighted by Gasteiger charge is -2.32. The van der Waals surface area contributed by atoms with Gasteiger partial charge >= 0.3 is 0 Å². The number of benzene rings is 1. The molecule has 0 bridgehead atoms. The first-order chi connectivity index (χ1) is 8.99. The minimum Gasteiger partial charge on any atom is -0.504 e. The van der Waals surface area contributed by atoms with Crippen molar-refractivity contribution < 1.29 is 15.3 Å². The quantitative estimate of drug-likeness (QED) is 0.634. The molecule has 0 spiro atoms. The van der Waals surface area contributed by atoms with Crippen LogP contribution in [0, 0.1) is 11.8 Å². The summed E-state index contributed by atoms with van der Waals surface area (Å²) in [5, 5.41) is 31.9. The minimum absolute atomic E-state index is 0.232. The molecule has 19 heavy (non-hydrogen) atoms. The summed E-state index contributed by atoms with van der Waals surface area (Å²) in [6, 6.07) is 3.49. The number of nitrogens with one attached hydrogen (secondary N) is 1. The molecule has 0 heterocycles. The molecule has 4 N–H and O–H groups in total. The van der Waals surface area contributed by atoms with Crippen LogP contribution in [0.5, 0.6) is 17.2 Å². The van der Waals surface area contributed by atoms with Gasteiger partial charge in [0.1, 0.15) is 0 Å². The number of aromatic hydroxyl groups is 3. The highest BCUT2D eigenvalue weighted by Crippen LogP contribution is 2.37. The lowest BCUT2D eigenvalue weighted by molar-refractivity contribution is 0.225. The van der Waals surface area contributed by atoms with Crippen LogP contribution in [0.3, 0.4) is 0 Å². The van der Waals surface area contributed by atoms with Crippen LogP contribution in [0.2, 0.25) is 0 Å². The molecule has 106 valence electrons. The summed E-state index contributed by atoms with van der Waals surface area (Å²) in [5.41, 5.74) is 0.613. The summed E-state index contributed by atoms with van der Waals surface area (Å²) in [7, 11) is 0. The van der Waals surface area contributed by atoms with Crippen molar-refractivity contribution in [1.29, 1.82) is 0 Å². The van der Waals surface area contributed by atoms with Gasteiger partial charge in [-0.3, -0.25) is 0 Å². The van der Waals surface area contributed by atoms with Crippen molar-refractivity contribution in [2.45, 2.75) is 45.7 Å². The van der Waals surface area contributed by atoms with E-state index in [9.17, 15) is 15.3 Å². The van der Waals surface area contributed by atoms with Gasteiger partial charge in [-0.25, -0.2) is 0 Å². The van der Waals surface area contributed by atoms with Crippen molar-refractivity contribution in [3.05, 3.63) is 17.7 Å². The van der Waals surface area contributed by atoms with Gasteiger partial charge in [0.05, 0.1) is 0 Å². The Labute approximate surface area is 114 Å². The number of hydrogen-bond acceptors (Lipinski definition) is 4. The molecule has 1 aromatic carbocycles. The van der Waals surface area contributed by atoms with E-state index in [4.69, 9.17) is 0 Å². The first kappa shape index (κ1) is 14.0. The van der Waals surface area contributed by atoms with Crippen molar-refractivity contribution in [1.82, 2.24) is 5.32 Å². The maximum atomic E-state index is 9.75. The standard InChI is InChI=1S/C15H23NO3/c1-9-3-5-12(7-10(9)2)16-8-11-4-6-13(17)15(19)14(11)18/h4,6,9-10,12,16-19H,3,5,7-8H2,1-2H3. The van der Waals surface area contributed by atoms with Crippen LogP contribution in [0.15, 0.2) is 12.1 Å². The molecule has 1 aliphatic carbocycles. The molecule has 3 unspecified atom stereocenters. The van der Waals surface area contributed by atoms with E-state index < -0.39 is 5.75 Å². The van der Waals surface area contributed by atoms with Crippen molar-refractivity contribution in [2.24, 2.45) is 11.8 Å². The maximum Gasteiger partial charge on any atom is 0.200 e. The second kappa shape index (κ2) is 5.70. The fourth-order valence-corrected chi connectivity index (χ4v) is 2.74. The van der Waals surface area contributed by atoms with Crippen LogP contribution in [0.25, 0.3) is 0 Å². The first-order valence-corrected chi connectivity index (χ1v) is 6.95. The molecular weight excluding hydrogens is 242 g/mol. The Kier molecular flexibility index (Phi) is 4.20. The third-order valence-corrected chi connectivity index (χ3v) is 4.39. The Morgan fingerprint density at radius 1 is 1.05 bits per heavy atom. The molecule has 0 aliphatic heterocycles. The fraction of sp³-hybridized carbons (Fsp3) is 0.600. The number of phenolic OH excluding ortho intramolecular Hbond substituents is 3. The van der Waals surface area contributed by atoms with Crippen LogP contribution in [-0.4, -0.2) is 21.4 Å². The van der Waals surface area contributed by atoms with Gasteiger partial charge in [0, 0.05) is 18.2 Å². The molecule has 1 aromatic rings. The van der Waals surface area contributed by atoms with Gasteiger partial charge < -0.3 is 20.6 Å². The van der Waals surface area contributed by atoms with Crippen LogP contribution in [0.1, 0.15) is 38.7 Å². The third kappa shape index (κ3) is 3.13. The highest BCUT2D eigenvalue weighted by molar-refractivity contribution is 5.53. The number of phenols is 3. The van der Waals surface area contributed by atoms with Crippen molar-refractivity contribution in [3.8, 4) is 17.2 Å². The molecule has 4 nitrogen and oxygen atoms in total. The molecule has 0 aromatic heterocycles. The Morgan fingerprint density at radius 2 is 1.79 bits per heavy atom. The highest BCUT2D eigenvalue weighted by atomic mass is 16.3. The van der Waals surface area contributed by atoms with E-state index >= 15 is 0 Å². The van der Waals surface area contributed by atoms with Crippen LogP contribution < -0.4 is 5.32 Å². The third-order valence-electron chi connectivity index (χ3n) is 4.39. The number of hydrogen-bond donors (Lipinski definition) is 4. The Bertz CT molecular complexity index is 447. The van der Waals surface area contributed by atoms with E-state index in [1.54, 1.807) is 6.07 Å². The Hall–Kier alpha value is -1.42. The van der Waals surface area contributed by atoms with E-state index in [0.717, 1.165) is 18.8 Å². The maximum absolute atomic E-state index is 9.75. The molecule has 0 saturated heterocycles. The largest absolute Gasteiger partial charge is 0.504 e. The lowest BCUT2D eigenvalue weighted by atomic mass is 9.79. The summed E-state index contributed by atoms with van der Waals surface area (Å²) in [4.78, 5) is 0. The van der Waals surface area contributed by atoms with Crippen LogP contribution in [0.4, 0.5) is 0 Å². The monoisotopic (exact) mass is 265 g/mol. The second-order valence-electron chi connectivity index (χ2n) is 5.79. The van der Waals surface area contributed by atoms with Crippen molar-refractivity contribution in [2.75, 3.05) is 0 Å². The molecule has 2 rings (SSSR count). The Morgan fingerprint density at radius 3 is 2.47 bits per heavy atom. The topological polar surface area (TPSA) is 72.7 Å². The summed E-state index contributed by atoms with van der Waals surface area (Å²) < 4.78 is 0. The minimum atomic E-state index is -0.440. The molecule has 0 amide bonds. The van der Waals surface area contributed by atoms with Gasteiger partial charge in [-0.2, -0.15) is 0 Å². The fourth-order valence-electron chi connectivity index (χ4n) is 2.74. The summed E-state index contributed by atoms with van der Waals surface area (Å²) in [6.07, 6.45) is 3.52. The summed E-state index contributed by atoms with van der Waals surface area (Å²) in [5.74, 6) is 0.535. The summed E-state index contributed by atoms with van der Waals surface area (Å²) in [6.45, 7) is 5.08. The van der Waals surface area contributed by atoms with E-state index in [1.165, 1.54) is 12.5 Å². The molecule has 3 atom stereocenters. The van der Waals surface area contributed by atoms with E-state index in [2.05, 4.69) is 19.2 Å². The van der Waals surface area contributed by atoms with Crippen LogP contribution in [-0.2, 0) is 6.54 Å². The molecule has 1 fully saturated rings. The second-order valence-corrected chi connectivity index (χ2v) is 5.79. The SMILES string of the molecule is CC1CCC(NCc2ccc(O)c(O)c2O)CC1C. The molecular formula is C15H23NO3. The zero-order chi connectivity index (χ0) is 14.0.